The van der Waals surface area contributed by atoms with Crippen LogP contribution >= 0.6 is 0 Å². The van der Waals surface area contributed by atoms with Gasteiger partial charge in [0.05, 0.1) is 12.1 Å². The minimum atomic E-state index is -0.241. The molecule has 0 radical (unpaired) electrons. The van der Waals surface area contributed by atoms with Gasteiger partial charge in [0.1, 0.15) is 23.9 Å². The summed E-state index contributed by atoms with van der Waals surface area (Å²) in [6.07, 6.45) is 3.33. The first kappa shape index (κ1) is 17.3. The highest BCUT2D eigenvalue weighted by molar-refractivity contribution is 5.99. The molecule has 1 atom stereocenters. The summed E-state index contributed by atoms with van der Waals surface area (Å²) in [5, 5.41) is 3.99. The molecular formula is C21H22N4O2. The van der Waals surface area contributed by atoms with Gasteiger partial charge in [-0.2, -0.15) is 0 Å². The molecule has 3 aromatic rings. The van der Waals surface area contributed by atoms with Crippen LogP contribution in [0.2, 0.25) is 0 Å². The lowest BCUT2D eigenvalue weighted by atomic mass is 10.1. The van der Waals surface area contributed by atoms with Crippen molar-refractivity contribution >= 4 is 28.3 Å². The molecule has 0 bridgehead atoms. The van der Waals surface area contributed by atoms with Crippen LogP contribution in [0.3, 0.4) is 0 Å². The molecule has 6 nitrogen and oxygen atoms in total. The predicted molar refractivity (Wildman–Crippen MR) is 106 cm³/mol. The Morgan fingerprint density at radius 2 is 2.00 bits per heavy atom. The van der Waals surface area contributed by atoms with Gasteiger partial charge in [0.15, 0.2) is 0 Å². The van der Waals surface area contributed by atoms with Gasteiger partial charge in [-0.3, -0.25) is 4.79 Å². The second kappa shape index (κ2) is 7.61. The summed E-state index contributed by atoms with van der Waals surface area (Å²) in [7, 11) is 0. The molecule has 6 heteroatoms. The van der Waals surface area contributed by atoms with Crippen LogP contribution < -0.4 is 15.0 Å². The van der Waals surface area contributed by atoms with Crippen molar-refractivity contribution in [3.63, 3.8) is 0 Å². The van der Waals surface area contributed by atoms with Gasteiger partial charge in [-0.05, 0) is 56.2 Å². The molecule has 1 N–H and O–H groups in total. The van der Waals surface area contributed by atoms with Crippen LogP contribution in [0.25, 0.3) is 10.9 Å². The maximum Gasteiger partial charge on any atom is 0.247 e. The zero-order valence-electron chi connectivity index (χ0n) is 15.3. The first-order valence-electron chi connectivity index (χ1n) is 9.26. The number of para-hydroxylation sites is 1. The summed E-state index contributed by atoms with van der Waals surface area (Å²) < 4.78 is 5.45. The molecule has 2 aromatic carbocycles. The highest BCUT2D eigenvalue weighted by atomic mass is 16.5. The number of hydrogen-bond donors (Lipinski definition) is 1. The zero-order valence-corrected chi connectivity index (χ0v) is 15.3. The maximum absolute atomic E-state index is 12.9. The number of anilines is 2. The molecule has 2 heterocycles. The number of nitrogens with zero attached hydrogens (tertiary/aromatic N) is 3. The number of rotatable bonds is 5. The molecule has 138 valence electrons. The normalized spacial score (nSPS) is 16.5. The van der Waals surface area contributed by atoms with Gasteiger partial charge < -0.3 is 15.0 Å². The van der Waals surface area contributed by atoms with E-state index in [9.17, 15) is 4.79 Å². The lowest BCUT2D eigenvalue weighted by molar-refractivity contribution is -0.117. The average Bonchev–Trinajstić information content (AvgIpc) is 3.19. The summed E-state index contributed by atoms with van der Waals surface area (Å²) in [4.78, 5) is 23.8. The predicted octanol–water partition coefficient (Wildman–Crippen LogP) is 3.64. The minimum absolute atomic E-state index is 0.0145. The van der Waals surface area contributed by atoms with Crippen molar-refractivity contribution in [3.8, 4) is 5.75 Å². The van der Waals surface area contributed by atoms with Crippen molar-refractivity contribution in [2.24, 2.45) is 0 Å². The van der Waals surface area contributed by atoms with Gasteiger partial charge in [0.25, 0.3) is 0 Å². The highest BCUT2D eigenvalue weighted by Crippen LogP contribution is 2.30. The maximum atomic E-state index is 12.9. The van der Waals surface area contributed by atoms with E-state index in [4.69, 9.17) is 4.74 Å². The quantitative estimate of drug-likeness (QED) is 0.751. The smallest absolute Gasteiger partial charge is 0.247 e. The van der Waals surface area contributed by atoms with E-state index in [1.165, 1.54) is 0 Å². The third kappa shape index (κ3) is 3.56. The number of ether oxygens (including phenoxy) is 1. The standard InChI is InChI=1S/C21H22N4O2/c1-2-27-16-11-9-15(10-12-16)24-21(26)19-8-5-13-25(19)20-17-6-3-4-7-18(17)22-14-23-20/h3-4,6-7,9-12,14,19H,2,5,8,13H2,1H3,(H,24,26)/t19-/m0/s1. The number of carbonyl (C=O) groups excluding carboxylic acids is 1. The summed E-state index contributed by atoms with van der Waals surface area (Å²) in [6.45, 7) is 3.37. The molecule has 1 aromatic heterocycles. The molecule has 0 unspecified atom stereocenters. The topological polar surface area (TPSA) is 67.3 Å². The fourth-order valence-corrected chi connectivity index (χ4v) is 3.54. The van der Waals surface area contributed by atoms with E-state index >= 15 is 0 Å². The van der Waals surface area contributed by atoms with Gasteiger partial charge in [0.2, 0.25) is 5.91 Å². The van der Waals surface area contributed by atoms with Gasteiger partial charge in [-0.25, -0.2) is 9.97 Å². The van der Waals surface area contributed by atoms with Crippen molar-refractivity contribution in [1.29, 1.82) is 0 Å². The summed E-state index contributed by atoms with van der Waals surface area (Å²) in [5.41, 5.74) is 1.66. The Morgan fingerprint density at radius 1 is 1.19 bits per heavy atom. The largest absolute Gasteiger partial charge is 0.494 e. The third-order valence-electron chi connectivity index (χ3n) is 4.78. The Morgan fingerprint density at radius 3 is 2.81 bits per heavy atom. The third-order valence-corrected chi connectivity index (χ3v) is 4.78. The van der Waals surface area contributed by atoms with Crippen molar-refractivity contribution in [2.75, 3.05) is 23.4 Å². The number of fused-ring (bicyclic) bond motifs is 1. The van der Waals surface area contributed by atoms with Gasteiger partial charge in [-0.1, -0.05) is 12.1 Å². The number of nitrogens with one attached hydrogen (secondary N) is 1. The van der Waals surface area contributed by atoms with Crippen molar-refractivity contribution in [1.82, 2.24) is 9.97 Å². The Kier molecular flexibility index (Phi) is 4.87. The number of amides is 1. The molecule has 1 aliphatic rings. The molecule has 1 saturated heterocycles. The fraction of sp³-hybridized carbons (Fsp3) is 0.286. The second-order valence-corrected chi connectivity index (χ2v) is 6.51. The molecule has 1 fully saturated rings. The summed E-state index contributed by atoms with van der Waals surface area (Å²) in [6, 6.07) is 15.1. The fourth-order valence-electron chi connectivity index (χ4n) is 3.54. The van der Waals surface area contributed by atoms with Crippen LogP contribution in [0.5, 0.6) is 5.75 Å². The summed E-state index contributed by atoms with van der Waals surface area (Å²) in [5.74, 6) is 1.61. The Bertz CT molecular complexity index is 937. The van der Waals surface area contributed by atoms with Gasteiger partial charge in [0, 0.05) is 17.6 Å². The molecular weight excluding hydrogens is 340 g/mol. The number of aromatic nitrogens is 2. The van der Waals surface area contributed by atoms with Crippen LogP contribution in [0.4, 0.5) is 11.5 Å². The average molecular weight is 362 g/mol. The molecule has 1 aliphatic heterocycles. The lowest BCUT2D eigenvalue weighted by Gasteiger charge is -2.25. The van der Waals surface area contributed by atoms with Crippen LogP contribution in [-0.2, 0) is 4.79 Å². The van der Waals surface area contributed by atoms with Crippen molar-refractivity contribution in [2.45, 2.75) is 25.8 Å². The molecule has 0 aliphatic carbocycles. The van der Waals surface area contributed by atoms with E-state index in [0.29, 0.717) is 6.61 Å². The van der Waals surface area contributed by atoms with Crippen LogP contribution in [0.1, 0.15) is 19.8 Å². The highest BCUT2D eigenvalue weighted by Gasteiger charge is 2.32. The molecule has 0 spiro atoms. The first-order valence-corrected chi connectivity index (χ1v) is 9.26. The minimum Gasteiger partial charge on any atom is -0.494 e. The number of benzene rings is 2. The Balaban J connectivity index is 1.54. The van der Waals surface area contributed by atoms with E-state index in [2.05, 4.69) is 20.2 Å². The number of hydrogen-bond acceptors (Lipinski definition) is 5. The van der Waals surface area contributed by atoms with Crippen molar-refractivity contribution in [3.05, 3.63) is 54.9 Å². The molecule has 0 saturated carbocycles. The van der Waals surface area contributed by atoms with E-state index in [1.807, 2.05) is 55.5 Å². The summed E-state index contributed by atoms with van der Waals surface area (Å²) >= 11 is 0. The second-order valence-electron chi connectivity index (χ2n) is 6.51. The number of carbonyl (C=O) groups is 1. The van der Waals surface area contributed by atoms with Gasteiger partial charge >= 0.3 is 0 Å². The van der Waals surface area contributed by atoms with E-state index in [1.54, 1.807) is 6.33 Å². The SMILES string of the molecule is CCOc1ccc(NC(=O)[C@@H]2CCCN2c2ncnc3ccccc23)cc1. The Labute approximate surface area is 158 Å². The van der Waals surface area contributed by atoms with Crippen LogP contribution in [0, 0.1) is 0 Å². The lowest BCUT2D eigenvalue weighted by Crippen LogP contribution is -2.40. The van der Waals surface area contributed by atoms with Crippen LogP contribution in [0.15, 0.2) is 54.9 Å². The molecule has 4 rings (SSSR count). The van der Waals surface area contributed by atoms with E-state index < -0.39 is 0 Å². The molecule has 27 heavy (non-hydrogen) atoms. The first-order chi connectivity index (χ1) is 13.3. The van der Waals surface area contributed by atoms with Crippen LogP contribution in [-0.4, -0.2) is 35.1 Å². The zero-order chi connectivity index (χ0) is 18.6. The van der Waals surface area contributed by atoms with E-state index in [0.717, 1.165) is 47.5 Å². The van der Waals surface area contributed by atoms with Gasteiger partial charge in [-0.15, -0.1) is 0 Å². The molecule has 1 amide bonds. The van der Waals surface area contributed by atoms with E-state index in [-0.39, 0.29) is 11.9 Å². The van der Waals surface area contributed by atoms with Crippen molar-refractivity contribution < 1.29 is 9.53 Å². The monoisotopic (exact) mass is 362 g/mol. The Hall–Kier alpha value is -3.15.